The van der Waals surface area contributed by atoms with Crippen molar-refractivity contribution in [3.05, 3.63) is 83.7 Å². The number of carbonyl (C=O) groups is 2. The molecule has 4 atom stereocenters. The predicted molar refractivity (Wildman–Crippen MR) is 147 cm³/mol. The highest BCUT2D eigenvalue weighted by Crippen LogP contribution is 2.43. The lowest BCUT2D eigenvalue weighted by Gasteiger charge is -2.26. The molecule has 0 radical (unpaired) electrons. The maximum atomic E-state index is 12.9. The number of aromatic nitrogens is 3. The van der Waals surface area contributed by atoms with Gasteiger partial charge in [-0.3, -0.25) is 14.3 Å². The summed E-state index contributed by atoms with van der Waals surface area (Å²) in [5, 5.41) is 38.7. The largest absolute Gasteiger partial charge is 0.395 e. The minimum atomic E-state index is -1.76. The normalized spacial score (nSPS) is 22.0. The van der Waals surface area contributed by atoms with E-state index in [1.165, 1.54) is 0 Å². The zero-order valence-corrected chi connectivity index (χ0v) is 21.9. The number of aryl methyl sites for hydroxylation is 1. The van der Waals surface area contributed by atoms with E-state index >= 15 is 0 Å². The first-order chi connectivity index (χ1) is 18.9. The Kier molecular flexibility index (Phi) is 7.87. The number of nitrogens with zero attached hydrogens (tertiary/aromatic N) is 3. The summed E-state index contributed by atoms with van der Waals surface area (Å²) in [5.41, 5.74) is 1.42. The van der Waals surface area contributed by atoms with E-state index in [4.69, 9.17) is 0 Å². The summed E-state index contributed by atoms with van der Waals surface area (Å²) in [4.78, 5) is 25.4. The third-order valence-corrected chi connectivity index (χ3v) is 7.58. The smallest absolute Gasteiger partial charge is 0.261 e. The van der Waals surface area contributed by atoms with Crippen molar-refractivity contribution in [1.29, 1.82) is 0 Å². The Balaban J connectivity index is 1.22. The van der Waals surface area contributed by atoms with E-state index in [1.807, 2.05) is 48.7 Å². The van der Waals surface area contributed by atoms with E-state index in [9.17, 15) is 19.8 Å². The van der Waals surface area contributed by atoms with Crippen LogP contribution in [0.25, 0.3) is 0 Å². The van der Waals surface area contributed by atoms with Gasteiger partial charge in [0.05, 0.1) is 24.3 Å². The number of nitrogens with one attached hydrogen (secondary N) is 3. The molecule has 0 bridgehead atoms. The highest BCUT2D eigenvalue weighted by atomic mass is 16.3. The van der Waals surface area contributed by atoms with Gasteiger partial charge in [-0.25, -0.2) is 0 Å². The van der Waals surface area contributed by atoms with Gasteiger partial charge in [0.2, 0.25) is 5.91 Å². The number of benzene rings is 2. The molecule has 1 aromatic heterocycles. The second-order valence-electron chi connectivity index (χ2n) is 10.2. The molecular weight excluding hydrogens is 496 g/mol. The van der Waals surface area contributed by atoms with E-state index < -0.39 is 17.4 Å². The topological polar surface area (TPSA) is 141 Å². The Hall–Kier alpha value is -3.86. The van der Waals surface area contributed by atoms with E-state index in [2.05, 4.69) is 26.3 Å². The molecule has 39 heavy (non-hydrogen) atoms. The average molecular weight is 531 g/mol. The van der Waals surface area contributed by atoms with E-state index in [1.54, 1.807) is 29.8 Å². The van der Waals surface area contributed by atoms with Crippen LogP contribution in [0.5, 0.6) is 0 Å². The molecule has 10 heteroatoms. The first-order valence-corrected chi connectivity index (χ1v) is 13.3. The van der Waals surface area contributed by atoms with Crippen LogP contribution in [0.4, 0.5) is 11.4 Å². The predicted octanol–water partition coefficient (Wildman–Crippen LogP) is 2.52. The fourth-order valence-electron chi connectivity index (χ4n) is 5.26. The van der Waals surface area contributed by atoms with Crippen LogP contribution in [0.3, 0.4) is 0 Å². The Morgan fingerprint density at radius 2 is 2.10 bits per heavy atom. The molecule has 5 rings (SSSR count). The van der Waals surface area contributed by atoms with Crippen molar-refractivity contribution < 1.29 is 19.8 Å². The summed E-state index contributed by atoms with van der Waals surface area (Å²) in [6.07, 6.45) is 7.91. The average Bonchev–Trinajstić information content (AvgIpc) is 3.70. The van der Waals surface area contributed by atoms with Gasteiger partial charge in [-0.15, -0.1) is 5.10 Å². The molecule has 3 aromatic rings. The van der Waals surface area contributed by atoms with Gasteiger partial charge in [0.1, 0.15) is 0 Å². The van der Waals surface area contributed by atoms with E-state index in [0.29, 0.717) is 35.6 Å². The molecule has 10 nitrogen and oxygen atoms in total. The molecule has 0 aliphatic carbocycles. The minimum absolute atomic E-state index is 0.0644. The van der Waals surface area contributed by atoms with Crippen molar-refractivity contribution in [2.24, 2.45) is 5.92 Å². The first-order valence-electron chi connectivity index (χ1n) is 13.3. The second kappa shape index (κ2) is 11.5. The standard InChI is InChI=1S/C29H34N6O4/c1-19(8-5-6-15-35-17-26(33-34-35)22(18-36)20-9-3-2-4-10-20)29(39)23-16-21(12-13-24(23)32-28(29)38)31-27(37)25-11-7-14-30-25/h2-5,8-10,12-13,16-17,19,22,25,30,36,39H,6-7,11,14-15,18H2,1H3,(H,31,37)(H,32,38)/b8-5+/t19-,22?,25-,29+/m1/s1. The van der Waals surface area contributed by atoms with Crippen molar-refractivity contribution in [2.45, 2.75) is 50.3 Å². The highest BCUT2D eigenvalue weighted by molar-refractivity contribution is 6.06. The Morgan fingerprint density at radius 3 is 2.85 bits per heavy atom. The van der Waals surface area contributed by atoms with Crippen LogP contribution >= 0.6 is 0 Å². The van der Waals surface area contributed by atoms with Crippen molar-refractivity contribution >= 4 is 23.2 Å². The van der Waals surface area contributed by atoms with Gasteiger partial charge in [0.15, 0.2) is 5.60 Å². The van der Waals surface area contributed by atoms with Crippen molar-refractivity contribution in [2.75, 3.05) is 23.8 Å². The maximum Gasteiger partial charge on any atom is 0.261 e. The number of carbonyl (C=O) groups excluding carboxylic acids is 2. The minimum Gasteiger partial charge on any atom is -0.395 e. The van der Waals surface area contributed by atoms with Gasteiger partial charge in [-0.1, -0.05) is 54.6 Å². The molecular formula is C29H34N6O4. The lowest BCUT2D eigenvalue weighted by Crippen LogP contribution is -2.40. The van der Waals surface area contributed by atoms with Crippen LogP contribution in [-0.4, -0.2) is 56.2 Å². The summed E-state index contributed by atoms with van der Waals surface area (Å²) in [7, 11) is 0. The number of rotatable bonds is 10. The summed E-state index contributed by atoms with van der Waals surface area (Å²) < 4.78 is 1.72. The fraction of sp³-hybridized carbons (Fsp3) is 0.379. The molecule has 3 heterocycles. The van der Waals surface area contributed by atoms with Gasteiger partial charge in [0, 0.05) is 35.6 Å². The van der Waals surface area contributed by atoms with Gasteiger partial charge >= 0.3 is 0 Å². The Labute approximate surface area is 227 Å². The quantitative estimate of drug-likeness (QED) is 0.254. The molecule has 2 amide bonds. The van der Waals surface area contributed by atoms with Crippen LogP contribution in [0, 0.1) is 5.92 Å². The number of amides is 2. The van der Waals surface area contributed by atoms with Crippen LogP contribution in [0.1, 0.15) is 48.9 Å². The molecule has 2 aromatic carbocycles. The molecule has 5 N–H and O–H groups in total. The van der Waals surface area contributed by atoms with Crippen molar-refractivity contribution in [1.82, 2.24) is 20.3 Å². The number of anilines is 2. The van der Waals surface area contributed by atoms with Crippen LogP contribution < -0.4 is 16.0 Å². The van der Waals surface area contributed by atoms with Crippen molar-refractivity contribution in [3.63, 3.8) is 0 Å². The third-order valence-electron chi connectivity index (χ3n) is 7.58. The molecule has 1 unspecified atom stereocenters. The molecule has 2 aliphatic heterocycles. The number of fused-ring (bicyclic) bond motifs is 1. The Morgan fingerprint density at radius 1 is 1.28 bits per heavy atom. The number of hydrogen-bond donors (Lipinski definition) is 5. The molecule has 2 aliphatic rings. The highest BCUT2D eigenvalue weighted by Gasteiger charge is 2.48. The summed E-state index contributed by atoms with van der Waals surface area (Å²) in [6, 6.07) is 14.6. The zero-order chi connectivity index (χ0) is 27.4. The molecule has 0 spiro atoms. The number of aliphatic hydroxyl groups is 2. The molecule has 1 fully saturated rings. The number of aliphatic hydroxyl groups excluding tert-OH is 1. The SMILES string of the molecule is C[C@H](/C=C/CCn1cc(C(CO)c2ccccc2)nn1)[C@@]1(O)C(=O)Nc2ccc(NC(=O)[C@H]3CCCN3)cc21. The number of allylic oxidation sites excluding steroid dienone is 1. The lowest BCUT2D eigenvalue weighted by atomic mass is 9.82. The second-order valence-corrected chi connectivity index (χ2v) is 10.2. The molecule has 1 saturated heterocycles. The van der Waals surface area contributed by atoms with Gasteiger partial charge in [-0.2, -0.15) is 0 Å². The zero-order valence-electron chi connectivity index (χ0n) is 21.9. The molecule has 0 saturated carbocycles. The maximum absolute atomic E-state index is 12.9. The van der Waals surface area contributed by atoms with Gasteiger partial charge in [0.25, 0.3) is 5.91 Å². The summed E-state index contributed by atoms with van der Waals surface area (Å²) in [6.45, 7) is 3.10. The summed E-state index contributed by atoms with van der Waals surface area (Å²) >= 11 is 0. The van der Waals surface area contributed by atoms with E-state index in [-0.39, 0.29) is 24.5 Å². The van der Waals surface area contributed by atoms with Crippen LogP contribution in [0.15, 0.2) is 66.9 Å². The van der Waals surface area contributed by atoms with Crippen molar-refractivity contribution in [3.8, 4) is 0 Å². The lowest BCUT2D eigenvalue weighted by molar-refractivity contribution is -0.137. The summed E-state index contributed by atoms with van der Waals surface area (Å²) in [5.74, 6) is -1.38. The molecule has 204 valence electrons. The van der Waals surface area contributed by atoms with Crippen LogP contribution in [-0.2, 0) is 21.7 Å². The number of hydrogen-bond acceptors (Lipinski definition) is 7. The Bertz CT molecular complexity index is 1350. The van der Waals surface area contributed by atoms with Gasteiger partial charge < -0.3 is 26.2 Å². The fourth-order valence-corrected chi connectivity index (χ4v) is 5.26. The first kappa shape index (κ1) is 26.7. The van der Waals surface area contributed by atoms with Gasteiger partial charge in [-0.05, 0) is 49.6 Å². The van der Waals surface area contributed by atoms with E-state index in [0.717, 1.165) is 24.9 Å². The van der Waals surface area contributed by atoms with Crippen LogP contribution in [0.2, 0.25) is 0 Å². The monoisotopic (exact) mass is 530 g/mol. The third kappa shape index (κ3) is 5.49.